The van der Waals surface area contributed by atoms with E-state index < -0.39 is 30.4 Å². The Hall–Kier alpha value is -2.64. The molecule has 0 aromatic carbocycles. The van der Waals surface area contributed by atoms with Crippen LogP contribution in [0.2, 0.25) is 0 Å². The van der Waals surface area contributed by atoms with Gasteiger partial charge in [-0.1, -0.05) is 6.07 Å². The lowest BCUT2D eigenvalue weighted by Crippen LogP contribution is -2.48. The summed E-state index contributed by atoms with van der Waals surface area (Å²) in [4.78, 5) is 39.1. The van der Waals surface area contributed by atoms with Crippen LogP contribution in [0.1, 0.15) is 17.8 Å². The van der Waals surface area contributed by atoms with Crippen molar-refractivity contribution in [2.75, 3.05) is 7.05 Å². The summed E-state index contributed by atoms with van der Waals surface area (Å²) in [6.45, 7) is 2.05. The van der Waals surface area contributed by atoms with Crippen LogP contribution in [0, 0.1) is 6.92 Å². The smallest absolute Gasteiger partial charge is 0.326 e. The van der Waals surface area contributed by atoms with E-state index in [1.165, 1.54) is 11.9 Å². The van der Waals surface area contributed by atoms with Gasteiger partial charge in [-0.15, -0.1) is 0 Å². The molecule has 0 bridgehead atoms. The van der Waals surface area contributed by atoms with Crippen LogP contribution in [0.5, 0.6) is 0 Å². The number of hydrogen-bond donors (Lipinski definition) is 3. The van der Waals surface area contributed by atoms with Crippen molar-refractivity contribution in [2.45, 2.75) is 25.9 Å². The summed E-state index contributed by atoms with van der Waals surface area (Å²) in [5.41, 5.74) is 6.44. The highest BCUT2D eigenvalue weighted by molar-refractivity contribution is 5.87. The minimum Gasteiger partial charge on any atom is -0.480 e. The van der Waals surface area contributed by atoms with E-state index in [2.05, 4.69) is 10.3 Å². The van der Waals surface area contributed by atoms with Crippen LogP contribution in [0.25, 0.3) is 0 Å². The first kappa shape index (κ1) is 16.4. The van der Waals surface area contributed by atoms with Crippen LogP contribution in [-0.4, -0.2) is 46.0 Å². The normalized spacial score (nSPS) is 11.5. The number of nitrogens with two attached hydrogens (primary N) is 1. The molecule has 1 aromatic rings. The van der Waals surface area contributed by atoms with Gasteiger partial charge < -0.3 is 21.1 Å². The summed E-state index contributed by atoms with van der Waals surface area (Å²) in [5.74, 6) is -2.12. The number of aryl methyl sites for hydroxylation is 1. The average Bonchev–Trinajstić information content (AvgIpc) is 2.37. The van der Waals surface area contributed by atoms with Crippen LogP contribution in [-0.2, 0) is 16.1 Å². The standard InChI is InChI=1S/C13H18N4O4/c1-8-4-3-5-9(15-8)7-17(2)13(21)16-10(12(19)20)6-11(14)18/h3-5,10H,6-7H2,1-2H3,(H2,14,18)(H,16,21)(H,19,20)/t10-/m1/s1. The predicted octanol–water partition coefficient (Wildman–Crippen LogP) is -0.140. The number of aliphatic carboxylic acids is 1. The van der Waals surface area contributed by atoms with Gasteiger partial charge in [0, 0.05) is 12.7 Å². The molecule has 0 saturated carbocycles. The Balaban J connectivity index is 2.64. The first-order valence-corrected chi connectivity index (χ1v) is 6.25. The van der Waals surface area contributed by atoms with Crippen molar-refractivity contribution in [3.63, 3.8) is 0 Å². The van der Waals surface area contributed by atoms with Crippen molar-refractivity contribution in [1.82, 2.24) is 15.2 Å². The predicted molar refractivity (Wildman–Crippen MR) is 74.2 cm³/mol. The Morgan fingerprint density at radius 2 is 2.10 bits per heavy atom. The lowest BCUT2D eigenvalue weighted by atomic mass is 10.2. The van der Waals surface area contributed by atoms with Crippen molar-refractivity contribution < 1.29 is 19.5 Å². The number of nitrogens with zero attached hydrogens (tertiary/aromatic N) is 2. The highest BCUT2D eigenvalue weighted by Crippen LogP contribution is 2.03. The molecule has 0 spiro atoms. The van der Waals surface area contributed by atoms with E-state index >= 15 is 0 Å². The number of pyridine rings is 1. The van der Waals surface area contributed by atoms with Crippen molar-refractivity contribution in [1.29, 1.82) is 0 Å². The molecule has 1 atom stereocenters. The monoisotopic (exact) mass is 294 g/mol. The zero-order chi connectivity index (χ0) is 16.0. The SMILES string of the molecule is Cc1cccc(CN(C)C(=O)N[C@H](CC(N)=O)C(=O)O)n1. The summed E-state index contributed by atoms with van der Waals surface area (Å²) < 4.78 is 0. The minimum absolute atomic E-state index is 0.219. The summed E-state index contributed by atoms with van der Waals surface area (Å²) in [6.07, 6.45) is -0.461. The van der Waals surface area contributed by atoms with E-state index in [0.717, 1.165) is 5.69 Å². The van der Waals surface area contributed by atoms with E-state index in [4.69, 9.17) is 10.8 Å². The Kier molecular flexibility index (Phi) is 5.65. The topological polar surface area (TPSA) is 126 Å². The highest BCUT2D eigenvalue weighted by Gasteiger charge is 2.23. The summed E-state index contributed by atoms with van der Waals surface area (Å²) in [5, 5.41) is 11.2. The third kappa shape index (κ3) is 5.47. The molecule has 0 fully saturated rings. The van der Waals surface area contributed by atoms with Gasteiger partial charge in [0.25, 0.3) is 0 Å². The Morgan fingerprint density at radius 1 is 1.43 bits per heavy atom. The van der Waals surface area contributed by atoms with Gasteiger partial charge in [-0.25, -0.2) is 9.59 Å². The fraction of sp³-hybridized carbons (Fsp3) is 0.385. The summed E-state index contributed by atoms with van der Waals surface area (Å²) in [7, 11) is 1.50. The second kappa shape index (κ2) is 7.22. The van der Waals surface area contributed by atoms with Gasteiger partial charge in [0.05, 0.1) is 18.7 Å². The molecule has 0 unspecified atom stereocenters. The molecule has 0 radical (unpaired) electrons. The number of carbonyl (C=O) groups excluding carboxylic acids is 2. The van der Waals surface area contributed by atoms with E-state index in [-0.39, 0.29) is 6.54 Å². The van der Waals surface area contributed by atoms with Crippen LogP contribution in [0.3, 0.4) is 0 Å². The van der Waals surface area contributed by atoms with Crippen molar-refractivity contribution in [3.05, 3.63) is 29.6 Å². The quantitative estimate of drug-likeness (QED) is 0.673. The van der Waals surface area contributed by atoms with Gasteiger partial charge >= 0.3 is 12.0 Å². The van der Waals surface area contributed by atoms with Gasteiger partial charge in [-0.3, -0.25) is 9.78 Å². The van der Waals surface area contributed by atoms with E-state index in [9.17, 15) is 14.4 Å². The Labute approximate surface area is 121 Å². The molecule has 0 aliphatic rings. The molecule has 0 saturated heterocycles. The number of rotatable bonds is 6. The molecule has 3 amide bonds. The third-order valence-electron chi connectivity index (χ3n) is 2.69. The van der Waals surface area contributed by atoms with Crippen LogP contribution in [0.15, 0.2) is 18.2 Å². The maximum absolute atomic E-state index is 11.9. The van der Waals surface area contributed by atoms with Crippen molar-refractivity contribution in [2.24, 2.45) is 5.73 Å². The number of urea groups is 1. The van der Waals surface area contributed by atoms with Gasteiger partial charge in [0.1, 0.15) is 6.04 Å². The molecule has 1 aromatic heterocycles. The second-order valence-electron chi connectivity index (χ2n) is 4.64. The molecule has 1 rings (SSSR count). The fourth-order valence-electron chi connectivity index (χ4n) is 1.66. The zero-order valence-corrected chi connectivity index (χ0v) is 11.9. The summed E-state index contributed by atoms with van der Waals surface area (Å²) >= 11 is 0. The second-order valence-corrected chi connectivity index (χ2v) is 4.64. The number of primary amides is 1. The molecule has 1 heterocycles. The Bertz CT molecular complexity index is 547. The molecular formula is C13H18N4O4. The largest absolute Gasteiger partial charge is 0.480 e. The number of aromatic nitrogens is 1. The molecule has 0 aliphatic heterocycles. The van der Waals surface area contributed by atoms with Crippen LogP contribution in [0.4, 0.5) is 4.79 Å². The first-order valence-electron chi connectivity index (χ1n) is 6.25. The van der Waals surface area contributed by atoms with Crippen LogP contribution >= 0.6 is 0 Å². The molecule has 8 nitrogen and oxygen atoms in total. The highest BCUT2D eigenvalue weighted by atomic mass is 16.4. The molecular weight excluding hydrogens is 276 g/mol. The first-order chi connectivity index (χ1) is 9.79. The van der Waals surface area contributed by atoms with Crippen LogP contribution < -0.4 is 11.1 Å². The van der Waals surface area contributed by atoms with Gasteiger partial charge in [0.2, 0.25) is 5.91 Å². The molecule has 114 valence electrons. The molecule has 8 heteroatoms. The fourth-order valence-corrected chi connectivity index (χ4v) is 1.66. The third-order valence-corrected chi connectivity index (χ3v) is 2.69. The Morgan fingerprint density at radius 3 is 2.62 bits per heavy atom. The van der Waals surface area contributed by atoms with Gasteiger partial charge in [-0.05, 0) is 19.1 Å². The van der Waals surface area contributed by atoms with Crippen molar-refractivity contribution in [3.8, 4) is 0 Å². The van der Waals surface area contributed by atoms with E-state index in [1.54, 1.807) is 6.07 Å². The minimum atomic E-state index is -1.34. The maximum Gasteiger partial charge on any atom is 0.326 e. The maximum atomic E-state index is 11.9. The number of carboxylic acids is 1. The zero-order valence-electron chi connectivity index (χ0n) is 11.9. The molecule has 21 heavy (non-hydrogen) atoms. The van der Waals surface area contributed by atoms with E-state index in [0.29, 0.717) is 5.69 Å². The lowest BCUT2D eigenvalue weighted by molar-refractivity contribution is -0.140. The number of carboxylic acid groups (broad SMARTS) is 1. The number of hydrogen-bond acceptors (Lipinski definition) is 4. The van der Waals surface area contributed by atoms with Gasteiger partial charge in [-0.2, -0.15) is 0 Å². The van der Waals surface area contributed by atoms with Gasteiger partial charge in [0.15, 0.2) is 0 Å². The van der Waals surface area contributed by atoms with E-state index in [1.807, 2.05) is 19.1 Å². The number of carbonyl (C=O) groups is 3. The summed E-state index contributed by atoms with van der Waals surface area (Å²) in [6, 6.07) is 3.44. The van der Waals surface area contributed by atoms with Crippen molar-refractivity contribution >= 4 is 17.9 Å². The molecule has 0 aliphatic carbocycles. The number of amides is 3. The molecule has 4 N–H and O–H groups in total. The lowest BCUT2D eigenvalue weighted by Gasteiger charge is -2.20. The average molecular weight is 294 g/mol. The number of nitrogens with one attached hydrogen (secondary N) is 1.